The average Bonchev–Trinajstić information content (AvgIpc) is 2.38. The Labute approximate surface area is 119 Å². The molecular formula is C13H15F3N2O3. The largest absolute Gasteiger partial charge is 0.481 e. The Balaban J connectivity index is 2.75. The molecule has 0 aliphatic rings. The molecule has 0 saturated heterocycles. The van der Waals surface area contributed by atoms with E-state index in [1.165, 1.54) is 17.0 Å². The fourth-order valence-electron chi connectivity index (χ4n) is 1.61. The molecule has 0 saturated carbocycles. The number of carboxylic acids is 1. The summed E-state index contributed by atoms with van der Waals surface area (Å²) in [7, 11) is 0. The SMILES string of the molecule is CCN(CCC(=O)O)C(=O)Nc1cccc(C(F)(F)F)c1. The molecule has 1 rings (SSSR count). The van der Waals surface area contributed by atoms with E-state index in [0.717, 1.165) is 12.1 Å². The van der Waals surface area contributed by atoms with Gasteiger partial charge in [-0.3, -0.25) is 4.79 Å². The number of benzene rings is 1. The highest BCUT2D eigenvalue weighted by molar-refractivity contribution is 5.89. The zero-order chi connectivity index (χ0) is 16.0. The summed E-state index contributed by atoms with van der Waals surface area (Å²) in [6.45, 7) is 1.88. The average molecular weight is 304 g/mol. The third-order valence-electron chi connectivity index (χ3n) is 2.71. The second-order valence-electron chi connectivity index (χ2n) is 4.23. The highest BCUT2D eigenvalue weighted by Gasteiger charge is 2.30. The molecule has 0 fully saturated rings. The molecule has 0 unspecified atom stereocenters. The molecule has 0 radical (unpaired) electrons. The van der Waals surface area contributed by atoms with E-state index in [1.54, 1.807) is 6.92 Å². The molecule has 0 atom stereocenters. The van der Waals surface area contributed by atoms with Gasteiger partial charge in [0.05, 0.1) is 12.0 Å². The molecule has 116 valence electrons. The van der Waals surface area contributed by atoms with E-state index >= 15 is 0 Å². The number of halogens is 3. The Kier molecular flexibility index (Phi) is 5.57. The summed E-state index contributed by atoms with van der Waals surface area (Å²) in [4.78, 5) is 23.5. The topological polar surface area (TPSA) is 69.6 Å². The summed E-state index contributed by atoms with van der Waals surface area (Å²) in [6.07, 6.45) is -4.72. The van der Waals surface area contributed by atoms with E-state index < -0.39 is 23.7 Å². The molecule has 0 aromatic heterocycles. The Hall–Kier alpha value is -2.25. The number of rotatable bonds is 5. The van der Waals surface area contributed by atoms with E-state index in [1.807, 2.05) is 0 Å². The number of alkyl halides is 3. The van der Waals surface area contributed by atoms with Crippen molar-refractivity contribution in [2.75, 3.05) is 18.4 Å². The molecule has 21 heavy (non-hydrogen) atoms. The molecular weight excluding hydrogens is 289 g/mol. The molecule has 0 bridgehead atoms. The van der Waals surface area contributed by atoms with Crippen molar-refractivity contribution in [3.63, 3.8) is 0 Å². The van der Waals surface area contributed by atoms with Crippen molar-refractivity contribution in [2.45, 2.75) is 19.5 Å². The number of amides is 2. The fraction of sp³-hybridized carbons (Fsp3) is 0.385. The Morgan fingerprint density at radius 2 is 2.00 bits per heavy atom. The number of anilines is 1. The first-order valence-electron chi connectivity index (χ1n) is 6.19. The minimum atomic E-state index is -4.49. The molecule has 8 heteroatoms. The number of hydrogen-bond donors (Lipinski definition) is 2. The molecule has 5 nitrogen and oxygen atoms in total. The third-order valence-corrected chi connectivity index (χ3v) is 2.71. The summed E-state index contributed by atoms with van der Waals surface area (Å²) in [6, 6.07) is 3.60. The van der Waals surface area contributed by atoms with Crippen molar-refractivity contribution in [1.29, 1.82) is 0 Å². The zero-order valence-corrected chi connectivity index (χ0v) is 11.3. The number of nitrogens with zero attached hydrogens (tertiary/aromatic N) is 1. The lowest BCUT2D eigenvalue weighted by atomic mass is 10.2. The molecule has 0 heterocycles. The number of carboxylic acid groups (broad SMARTS) is 1. The summed E-state index contributed by atoms with van der Waals surface area (Å²) in [5.41, 5.74) is -0.863. The highest BCUT2D eigenvalue weighted by Crippen LogP contribution is 2.30. The van der Waals surface area contributed by atoms with Gasteiger partial charge in [0, 0.05) is 18.8 Å². The normalized spacial score (nSPS) is 11.0. The smallest absolute Gasteiger partial charge is 0.416 e. The molecule has 1 aromatic carbocycles. The quantitative estimate of drug-likeness (QED) is 0.878. The van der Waals surface area contributed by atoms with Crippen LogP contribution in [0.3, 0.4) is 0 Å². The third kappa shape index (κ3) is 5.33. The maximum Gasteiger partial charge on any atom is 0.416 e. The van der Waals surface area contributed by atoms with Crippen molar-refractivity contribution in [3.8, 4) is 0 Å². The van der Waals surface area contributed by atoms with E-state index in [-0.39, 0.29) is 25.2 Å². The molecule has 0 aliphatic carbocycles. The van der Waals surface area contributed by atoms with Crippen LogP contribution in [0.2, 0.25) is 0 Å². The van der Waals surface area contributed by atoms with Crippen LogP contribution < -0.4 is 5.32 Å². The number of carbonyl (C=O) groups is 2. The van der Waals surface area contributed by atoms with Gasteiger partial charge in [-0.25, -0.2) is 4.79 Å². The van der Waals surface area contributed by atoms with Crippen molar-refractivity contribution >= 4 is 17.7 Å². The minimum Gasteiger partial charge on any atom is -0.481 e. The standard InChI is InChI=1S/C13H15F3N2O3/c1-2-18(7-6-11(19)20)12(21)17-10-5-3-4-9(8-10)13(14,15)16/h3-5,8H,2,6-7H2,1H3,(H,17,21)(H,19,20). The first-order valence-corrected chi connectivity index (χ1v) is 6.19. The minimum absolute atomic E-state index is 0.00333. The predicted octanol–water partition coefficient (Wildman–Crippen LogP) is 3.03. The Morgan fingerprint density at radius 3 is 2.52 bits per heavy atom. The van der Waals surface area contributed by atoms with Crippen LogP contribution in [0, 0.1) is 0 Å². The van der Waals surface area contributed by atoms with Crippen LogP contribution >= 0.6 is 0 Å². The molecule has 2 N–H and O–H groups in total. The van der Waals surface area contributed by atoms with Gasteiger partial charge >= 0.3 is 18.2 Å². The lowest BCUT2D eigenvalue weighted by Gasteiger charge is -2.20. The van der Waals surface area contributed by atoms with Crippen LogP contribution in [0.15, 0.2) is 24.3 Å². The lowest BCUT2D eigenvalue weighted by Crippen LogP contribution is -2.36. The number of hydrogen-bond acceptors (Lipinski definition) is 2. The summed E-state index contributed by atoms with van der Waals surface area (Å²) in [5, 5.41) is 10.9. The second kappa shape index (κ2) is 6.96. The first-order chi connectivity index (χ1) is 9.74. The van der Waals surface area contributed by atoms with Gasteiger partial charge < -0.3 is 15.3 Å². The van der Waals surface area contributed by atoms with Crippen molar-refractivity contribution in [3.05, 3.63) is 29.8 Å². The van der Waals surface area contributed by atoms with Crippen molar-refractivity contribution in [2.24, 2.45) is 0 Å². The Morgan fingerprint density at radius 1 is 1.33 bits per heavy atom. The van der Waals surface area contributed by atoms with Gasteiger partial charge in [0.1, 0.15) is 0 Å². The Bertz CT molecular complexity index is 518. The first kappa shape index (κ1) is 16.8. The van der Waals surface area contributed by atoms with E-state index in [9.17, 15) is 22.8 Å². The second-order valence-corrected chi connectivity index (χ2v) is 4.23. The van der Waals surface area contributed by atoms with Crippen molar-refractivity contribution < 1.29 is 27.9 Å². The van der Waals surface area contributed by atoms with Gasteiger partial charge in [0.25, 0.3) is 0 Å². The summed E-state index contributed by atoms with van der Waals surface area (Å²) in [5.74, 6) is -1.06. The van der Waals surface area contributed by atoms with Gasteiger partial charge in [0.2, 0.25) is 0 Å². The van der Waals surface area contributed by atoms with Gasteiger partial charge in [-0.05, 0) is 25.1 Å². The molecule has 0 spiro atoms. The fourth-order valence-corrected chi connectivity index (χ4v) is 1.61. The van der Waals surface area contributed by atoms with Gasteiger partial charge in [-0.15, -0.1) is 0 Å². The van der Waals surface area contributed by atoms with Crippen LogP contribution in [-0.4, -0.2) is 35.1 Å². The molecule has 1 aromatic rings. The monoisotopic (exact) mass is 304 g/mol. The van der Waals surface area contributed by atoms with E-state index in [0.29, 0.717) is 0 Å². The molecule has 2 amide bonds. The van der Waals surface area contributed by atoms with Gasteiger partial charge in [0.15, 0.2) is 0 Å². The number of carbonyl (C=O) groups excluding carboxylic acids is 1. The maximum absolute atomic E-state index is 12.6. The zero-order valence-electron chi connectivity index (χ0n) is 11.3. The lowest BCUT2D eigenvalue weighted by molar-refractivity contribution is -0.138. The maximum atomic E-state index is 12.6. The summed E-state index contributed by atoms with van der Waals surface area (Å²) >= 11 is 0. The van der Waals surface area contributed by atoms with Crippen LogP contribution in [-0.2, 0) is 11.0 Å². The van der Waals surface area contributed by atoms with E-state index in [4.69, 9.17) is 5.11 Å². The predicted molar refractivity (Wildman–Crippen MR) is 70.0 cm³/mol. The van der Waals surface area contributed by atoms with Crippen LogP contribution in [0.25, 0.3) is 0 Å². The number of aliphatic carboxylic acids is 1. The van der Waals surface area contributed by atoms with E-state index in [2.05, 4.69) is 5.32 Å². The van der Waals surface area contributed by atoms with Crippen LogP contribution in [0.4, 0.5) is 23.7 Å². The van der Waals surface area contributed by atoms with Gasteiger partial charge in [-0.1, -0.05) is 6.07 Å². The van der Waals surface area contributed by atoms with Crippen LogP contribution in [0.1, 0.15) is 18.9 Å². The van der Waals surface area contributed by atoms with Crippen LogP contribution in [0.5, 0.6) is 0 Å². The molecule has 0 aliphatic heterocycles. The summed E-state index contributed by atoms with van der Waals surface area (Å²) < 4.78 is 37.7. The van der Waals surface area contributed by atoms with Gasteiger partial charge in [-0.2, -0.15) is 13.2 Å². The highest BCUT2D eigenvalue weighted by atomic mass is 19.4. The number of urea groups is 1. The van der Waals surface area contributed by atoms with Crippen molar-refractivity contribution in [1.82, 2.24) is 4.90 Å². The number of nitrogens with one attached hydrogen (secondary N) is 1.